The molecule has 0 atom stereocenters. The largest absolute Gasteiger partial charge is 0.444 e. The van der Waals surface area contributed by atoms with E-state index in [1.807, 2.05) is 17.0 Å². The number of piperidine rings is 1. The van der Waals surface area contributed by atoms with E-state index < -0.39 is 0 Å². The van der Waals surface area contributed by atoms with Crippen LogP contribution in [0.2, 0.25) is 0 Å². The van der Waals surface area contributed by atoms with Crippen LogP contribution >= 0.6 is 24.0 Å². The highest BCUT2D eigenvalue weighted by atomic mass is 127. The zero-order chi connectivity index (χ0) is 22.3. The highest BCUT2D eigenvalue weighted by Crippen LogP contribution is 2.19. The van der Waals surface area contributed by atoms with Crippen LogP contribution in [0.1, 0.15) is 30.5 Å². The molecule has 0 aliphatic carbocycles. The van der Waals surface area contributed by atoms with Crippen LogP contribution in [0.4, 0.5) is 0 Å². The van der Waals surface area contributed by atoms with Gasteiger partial charge in [-0.25, -0.2) is 4.98 Å². The number of hydrogen-bond acceptors (Lipinski definition) is 5. The van der Waals surface area contributed by atoms with Crippen molar-refractivity contribution in [3.05, 3.63) is 41.8 Å². The number of aromatic nitrogens is 1. The minimum absolute atomic E-state index is 0. The molecule has 2 aromatic rings. The number of aryl methyl sites for hydroxylation is 1. The van der Waals surface area contributed by atoms with Gasteiger partial charge in [-0.2, -0.15) is 0 Å². The summed E-state index contributed by atoms with van der Waals surface area (Å²) in [6, 6.07) is 8.15. The molecule has 2 aliphatic heterocycles. The molecule has 8 nitrogen and oxygen atoms in total. The van der Waals surface area contributed by atoms with E-state index in [2.05, 4.69) is 44.1 Å². The Morgan fingerprint density at radius 3 is 2.39 bits per heavy atom. The Bertz CT molecular complexity index is 915. The smallest absolute Gasteiger partial charge is 0.236 e. The first-order chi connectivity index (χ1) is 15.6. The maximum atomic E-state index is 12.5. The predicted octanol–water partition coefficient (Wildman–Crippen LogP) is 2.97. The van der Waals surface area contributed by atoms with Crippen molar-refractivity contribution in [2.24, 2.45) is 4.99 Å². The molecule has 3 heterocycles. The average molecular weight is 566 g/mol. The molecule has 0 spiro atoms. The molecule has 1 N–H and O–H groups in total. The molecule has 0 radical (unpaired) electrons. The van der Waals surface area contributed by atoms with Crippen molar-refractivity contribution < 1.29 is 9.21 Å². The Kier molecular flexibility index (Phi) is 9.54. The number of carbonyl (C=O) groups is 1. The number of nitrogens with one attached hydrogen (secondary N) is 1. The molecule has 1 amide bonds. The van der Waals surface area contributed by atoms with Crippen LogP contribution in [0.5, 0.6) is 0 Å². The zero-order valence-corrected chi connectivity index (χ0v) is 22.0. The van der Waals surface area contributed by atoms with Gasteiger partial charge in [-0.3, -0.25) is 14.7 Å². The van der Waals surface area contributed by atoms with Gasteiger partial charge in [0.2, 0.25) is 11.8 Å². The SMILES string of the molecule is CN=C(NCc1coc(-c2ccc(C)cc2)n1)N1CCN(CC(=O)N2CCCCC2)CC1.I. The molecule has 9 heteroatoms. The number of rotatable bonds is 5. The molecule has 1 aromatic heterocycles. The Morgan fingerprint density at radius 1 is 1.03 bits per heavy atom. The second-order valence-electron chi connectivity index (χ2n) is 8.62. The molecule has 2 fully saturated rings. The Morgan fingerprint density at radius 2 is 1.73 bits per heavy atom. The third-order valence-electron chi connectivity index (χ3n) is 6.23. The number of benzene rings is 1. The number of oxazole rings is 1. The molecular weight excluding hydrogens is 531 g/mol. The Balaban J connectivity index is 0.00000306. The summed E-state index contributed by atoms with van der Waals surface area (Å²) in [7, 11) is 1.80. The second kappa shape index (κ2) is 12.4. The fourth-order valence-corrected chi connectivity index (χ4v) is 4.27. The minimum atomic E-state index is 0. The third kappa shape index (κ3) is 6.92. The van der Waals surface area contributed by atoms with Crippen LogP contribution in [0.3, 0.4) is 0 Å². The van der Waals surface area contributed by atoms with E-state index in [4.69, 9.17) is 4.42 Å². The third-order valence-corrected chi connectivity index (χ3v) is 6.23. The maximum absolute atomic E-state index is 12.5. The van der Waals surface area contributed by atoms with Crippen LogP contribution in [-0.4, -0.2) is 84.4 Å². The summed E-state index contributed by atoms with van der Waals surface area (Å²) in [4.78, 5) is 28.1. The molecule has 2 aliphatic rings. The lowest BCUT2D eigenvalue weighted by molar-refractivity contribution is -0.133. The monoisotopic (exact) mass is 566 g/mol. The summed E-state index contributed by atoms with van der Waals surface area (Å²) in [5, 5.41) is 3.40. The van der Waals surface area contributed by atoms with Gasteiger partial charge in [-0.05, 0) is 38.3 Å². The summed E-state index contributed by atoms with van der Waals surface area (Å²) >= 11 is 0. The zero-order valence-electron chi connectivity index (χ0n) is 19.6. The van der Waals surface area contributed by atoms with E-state index in [0.717, 1.165) is 69.3 Å². The number of guanidine groups is 1. The first-order valence-electron chi connectivity index (χ1n) is 11.6. The quantitative estimate of drug-likeness (QED) is 0.341. The first kappa shape index (κ1) is 25.5. The van der Waals surface area contributed by atoms with E-state index in [1.54, 1.807) is 13.3 Å². The van der Waals surface area contributed by atoms with Crippen molar-refractivity contribution in [1.29, 1.82) is 0 Å². The highest BCUT2D eigenvalue weighted by Gasteiger charge is 2.24. The molecule has 33 heavy (non-hydrogen) atoms. The number of hydrogen-bond donors (Lipinski definition) is 1. The summed E-state index contributed by atoms with van der Waals surface area (Å²) in [6.07, 6.45) is 5.22. The summed E-state index contributed by atoms with van der Waals surface area (Å²) in [5.41, 5.74) is 3.02. The maximum Gasteiger partial charge on any atom is 0.236 e. The molecule has 0 bridgehead atoms. The van der Waals surface area contributed by atoms with Crippen LogP contribution in [0.25, 0.3) is 11.5 Å². The summed E-state index contributed by atoms with van der Waals surface area (Å²) < 4.78 is 5.66. The van der Waals surface area contributed by atoms with Crippen molar-refractivity contribution in [2.45, 2.75) is 32.7 Å². The first-order valence-corrected chi connectivity index (χ1v) is 11.6. The fraction of sp³-hybridized carbons (Fsp3) is 0.542. The van der Waals surface area contributed by atoms with Gasteiger partial charge in [0.05, 0.1) is 18.8 Å². The van der Waals surface area contributed by atoms with E-state index >= 15 is 0 Å². The van der Waals surface area contributed by atoms with Crippen molar-refractivity contribution in [3.63, 3.8) is 0 Å². The van der Waals surface area contributed by atoms with Gasteiger partial charge in [-0.15, -0.1) is 24.0 Å². The molecule has 4 rings (SSSR count). The number of likely N-dealkylation sites (tertiary alicyclic amines) is 1. The molecule has 180 valence electrons. The standard InChI is InChI=1S/C24H34N6O2.HI/c1-19-6-8-20(9-7-19)23-27-21(18-32-23)16-26-24(25-2)30-14-12-28(13-15-30)17-22(31)29-10-4-3-5-11-29;/h6-9,18H,3-5,10-17H2,1-2H3,(H,25,26);1H. The second-order valence-corrected chi connectivity index (χ2v) is 8.62. The van der Waals surface area contributed by atoms with Crippen LogP contribution in [-0.2, 0) is 11.3 Å². The highest BCUT2D eigenvalue weighted by molar-refractivity contribution is 14.0. The number of halogens is 1. The average Bonchev–Trinajstić information content (AvgIpc) is 3.30. The van der Waals surface area contributed by atoms with Gasteiger partial charge in [0.25, 0.3) is 0 Å². The number of aliphatic imine (C=N–C) groups is 1. The number of nitrogens with zero attached hydrogens (tertiary/aromatic N) is 5. The summed E-state index contributed by atoms with van der Waals surface area (Å²) in [5.74, 6) is 1.76. The van der Waals surface area contributed by atoms with Crippen LogP contribution in [0, 0.1) is 6.92 Å². The van der Waals surface area contributed by atoms with E-state index in [9.17, 15) is 4.79 Å². The van der Waals surface area contributed by atoms with Crippen LogP contribution in [0.15, 0.2) is 39.9 Å². The molecule has 0 saturated carbocycles. The lowest BCUT2D eigenvalue weighted by atomic mass is 10.1. The van der Waals surface area contributed by atoms with Gasteiger partial charge in [-0.1, -0.05) is 17.7 Å². The Hall–Kier alpha value is -2.14. The molecular formula is C24H35IN6O2. The summed E-state index contributed by atoms with van der Waals surface area (Å²) in [6.45, 7) is 8.40. The van der Waals surface area contributed by atoms with E-state index in [0.29, 0.717) is 19.0 Å². The molecule has 0 unspecified atom stereocenters. The number of piperazine rings is 1. The van der Waals surface area contributed by atoms with E-state index in [1.165, 1.54) is 12.0 Å². The predicted molar refractivity (Wildman–Crippen MR) is 141 cm³/mol. The van der Waals surface area contributed by atoms with E-state index in [-0.39, 0.29) is 29.9 Å². The Labute approximate surface area is 213 Å². The topological polar surface area (TPSA) is 77.2 Å². The normalized spacial score (nSPS) is 17.6. The van der Waals surface area contributed by atoms with Gasteiger partial charge in [0.15, 0.2) is 5.96 Å². The molecule has 2 saturated heterocycles. The van der Waals surface area contributed by atoms with Gasteiger partial charge >= 0.3 is 0 Å². The number of amides is 1. The van der Waals surface area contributed by atoms with Gasteiger partial charge in [0.1, 0.15) is 6.26 Å². The van der Waals surface area contributed by atoms with Gasteiger partial charge < -0.3 is 19.5 Å². The van der Waals surface area contributed by atoms with Crippen molar-refractivity contribution >= 4 is 35.8 Å². The fourth-order valence-electron chi connectivity index (χ4n) is 4.27. The van der Waals surface area contributed by atoms with Crippen molar-refractivity contribution in [3.8, 4) is 11.5 Å². The molecule has 1 aromatic carbocycles. The minimum Gasteiger partial charge on any atom is -0.444 e. The lowest BCUT2D eigenvalue weighted by Gasteiger charge is -2.37. The lowest BCUT2D eigenvalue weighted by Crippen LogP contribution is -2.54. The van der Waals surface area contributed by atoms with Crippen molar-refractivity contribution in [1.82, 2.24) is 25.0 Å². The van der Waals surface area contributed by atoms with Gasteiger partial charge in [0, 0.05) is 51.9 Å². The van der Waals surface area contributed by atoms with Crippen LogP contribution < -0.4 is 5.32 Å². The van der Waals surface area contributed by atoms with Crippen molar-refractivity contribution in [2.75, 3.05) is 52.9 Å². The number of carbonyl (C=O) groups excluding carboxylic acids is 1.